The van der Waals surface area contributed by atoms with Crippen LogP contribution in [0.3, 0.4) is 0 Å². The minimum Gasteiger partial charge on any atom is -0.375 e. The molecule has 2 amide bonds. The van der Waals surface area contributed by atoms with Crippen LogP contribution in [0.1, 0.15) is 12.5 Å². The minimum absolute atomic E-state index is 0.0517. The lowest BCUT2D eigenvalue weighted by molar-refractivity contribution is -0.137. The number of anilines is 1. The molecule has 116 valence electrons. The van der Waals surface area contributed by atoms with Gasteiger partial charge in [-0.25, -0.2) is 4.79 Å². The van der Waals surface area contributed by atoms with Gasteiger partial charge in [-0.05, 0) is 25.1 Å². The molecule has 0 aromatic heterocycles. The molecule has 1 aliphatic heterocycles. The number of nitrogens with zero attached hydrogens (tertiary/aromatic N) is 1. The predicted octanol–water partition coefficient (Wildman–Crippen LogP) is 3.61. The van der Waals surface area contributed by atoms with Crippen molar-refractivity contribution in [3.63, 3.8) is 0 Å². The fourth-order valence-electron chi connectivity index (χ4n) is 2.03. The van der Waals surface area contributed by atoms with Gasteiger partial charge in [0.25, 0.3) is 0 Å². The Bertz CT molecular complexity index is 537. The van der Waals surface area contributed by atoms with Crippen molar-refractivity contribution in [2.24, 2.45) is 0 Å². The molecule has 1 heterocycles. The lowest BCUT2D eigenvalue weighted by Crippen LogP contribution is -2.46. The molecule has 8 heteroatoms. The molecular formula is C13H14ClF3N2O2. The van der Waals surface area contributed by atoms with E-state index in [1.54, 1.807) is 0 Å². The van der Waals surface area contributed by atoms with Crippen molar-refractivity contribution in [1.82, 2.24) is 4.90 Å². The molecule has 0 bridgehead atoms. The maximum atomic E-state index is 12.7. The van der Waals surface area contributed by atoms with Gasteiger partial charge in [0.2, 0.25) is 0 Å². The molecule has 1 unspecified atom stereocenters. The van der Waals surface area contributed by atoms with Crippen molar-refractivity contribution < 1.29 is 22.7 Å². The predicted molar refractivity (Wildman–Crippen MR) is 72.5 cm³/mol. The third kappa shape index (κ3) is 4.01. The molecule has 1 saturated heterocycles. The van der Waals surface area contributed by atoms with Gasteiger partial charge in [-0.1, -0.05) is 11.6 Å². The Labute approximate surface area is 124 Å². The summed E-state index contributed by atoms with van der Waals surface area (Å²) < 4.78 is 43.5. The Kier molecular flexibility index (Phi) is 4.63. The van der Waals surface area contributed by atoms with Gasteiger partial charge in [0.1, 0.15) is 0 Å². The summed E-state index contributed by atoms with van der Waals surface area (Å²) in [5.41, 5.74) is -0.923. The zero-order valence-electron chi connectivity index (χ0n) is 11.2. The smallest absolute Gasteiger partial charge is 0.375 e. The number of ether oxygens (including phenoxy) is 1. The maximum absolute atomic E-state index is 12.7. The molecule has 0 radical (unpaired) electrons. The molecule has 4 nitrogen and oxygen atoms in total. The molecule has 0 spiro atoms. The lowest BCUT2D eigenvalue weighted by Gasteiger charge is -2.31. The average molecular weight is 323 g/mol. The van der Waals surface area contributed by atoms with E-state index in [2.05, 4.69) is 5.32 Å². The number of urea groups is 1. The van der Waals surface area contributed by atoms with Gasteiger partial charge in [0.15, 0.2) is 0 Å². The first-order valence-corrected chi connectivity index (χ1v) is 6.69. The molecule has 0 saturated carbocycles. The summed E-state index contributed by atoms with van der Waals surface area (Å²) in [5.74, 6) is 0. The van der Waals surface area contributed by atoms with Crippen molar-refractivity contribution in [3.8, 4) is 0 Å². The van der Waals surface area contributed by atoms with Crippen molar-refractivity contribution in [2.45, 2.75) is 19.2 Å². The number of carbonyl (C=O) groups is 1. The molecule has 1 fully saturated rings. The SMILES string of the molecule is CC1CN(C(=O)Nc2ccc(Cl)c(C(F)(F)F)c2)CCO1. The maximum Gasteiger partial charge on any atom is 0.417 e. The highest BCUT2D eigenvalue weighted by atomic mass is 35.5. The topological polar surface area (TPSA) is 41.6 Å². The monoisotopic (exact) mass is 322 g/mol. The number of morpholine rings is 1. The summed E-state index contributed by atoms with van der Waals surface area (Å²) in [5, 5.41) is 2.04. The fraction of sp³-hybridized carbons (Fsp3) is 0.462. The Balaban J connectivity index is 2.11. The summed E-state index contributed by atoms with van der Waals surface area (Å²) in [6, 6.07) is 2.81. The van der Waals surface area contributed by atoms with Crippen LogP contribution in [0.4, 0.5) is 23.7 Å². The van der Waals surface area contributed by atoms with Gasteiger partial charge < -0.3 is 15.0 Å². The van der Waals surface area contributed by atoms with E-state index in [-0.39, 0.29) is 11.8 Å². The number of rotatable bonds is 1. The normalized spacial score (nSPS) is 19.5. The highest BCUT2D eigenvalue weighted by Gasteiger charge is 2.33. The van der Waals surface area contributed by atoms with E-state index >= 15 is 0 Å². The third-order valence-corrected chi connectivity index (χ3v) is 3.38. The number of amides is 2. The van der Waals surface area contributed by atoms with Crippen LogP contribution in [-0.4, -0.2) is 36.7 Å². The van der Waals surface area contributed by atoms with Crippen molar-refractivity contribution in [1.29, 1.82) is 0 Å². The van der Waals surface area contributed by atoms with Gasteiger partial charge in [0.05, 0.1) is 23.3 Å². The molecule has 1 aliphatic rings. The van der Waals surface area contributed by atoms with Crippen LogP contribution in [0.25, 0.3) is 0 Å². The number of halogens is 4. The molecule has 1 N–H and O–H groups in total. The number of hydrogen-bond acceptors (Lipinski definition) is 2. The highest BCUT2D eigenvalue weighted by molar-refractivity contribution is 6.31. The van der Waals surface area contributed by atoms with Crippen LogP contribution in [0, 0.1) is 0 Å². The van der Waals surface area contributed by atoms with E-state index in [9.17, 15) is 18.0 Å². The second kappa shape index (κ2) is 6.11. The molecule has 0 aliphatic carbocycles. The Hall–Kier alpha value is -1.47. The lowest BCUT2D eigenvalue weighted by atomic mass is 10.2. The Morgan fingerprint density at radius 1 is 1.48 bits per heavy atom. The van der Waals surface area contributed by atoms with E-state index in [4.69, 9.17) is 16.3 Å². The Morgan fingerprint density at radius 3 is 2.81 bits per heavy atom. The van der Waals surface area contributed by atoms with Crippen molar-refractivity contribution in [2.75, 3.05) is 25.0 Å². The number of hydrogen-bond donors (Lipinski definition) is 1. The molecule has 2 rings (SSSR count). The molecular weight excluding hydrogens is 309 g/mol. The molecule has 1 aromatic carbocycles. The van der Waals surface area contributed by atoms with E-state index in [0.29, 0.717) is 19.7 Å². The van der Waals surface area contributed by atoms with Gasteiger partial charge in [0, 0.05) is 18.8 Å². The summed E-state index contributed by atoms with van der Waals surface area (Å²) in [6.07, 6.45) is -4.66. The zero-order chi connectivity index (χ0) is 15.6. The second-order valence-electron chi connectivity index (χ2n) is 4.75. The van der Waals surface area contributed by atoms with Gasteiger partial charge in [-0.3, -0.25) is 0 Å². The molecule has 1 atom stereocenters. The minimum atomic E-state index is -4.56. The molecule has 21 heavy (non-hydrogen) atoms. The van der Waals surface area contributed by atoms with Crippen molar-refractivity contribution in [3.05, 3.63) is 28.8 Å². The summed E-state index contributed by atoms with van der Waals surface area (Å²) in [7, 11) is 0. The van der Waals surface area contributed by atoms with E-state index < -0.39 is 22.8 Å². The molecule has 1 aromatic rings. The van der Waals surface area contributed by atoms with Crippen LogP contribution in [-0.2, 0) is 10.9 Å². The van der Waals surface area contributed by atoms with E-state index in [0.717, 1.165) is 12.1 Å². The Morgan fingerprint density at radius 2 is 2.19 bits per heavy atom. The third-order valence-electron chi connectivity index (χ3n) is 3.05. The van der Waals surface area contributed by atoms with Crippen LogP contribution < -0.4 is 5.32 Å². The summed E-state index contributed by atoms with van der Waals surface area (Å²) >= 11 is 5.53. The quantitative estimate of drug-likeness (QED) is 0.858. The first-order chi connectivity index (χ1) is 9.77. The van der Waals surface area contributed by atoms with Gasteiger partial charge >= 0.3 is 12.2 Å². The summed E-state index contributed by atoms with van der Waals surface area (Å²) in [4.78, 5) is 13.5. The zero-order valence-corrected chi connectivity index (χ0v) is 12.0. The first-order valence-electron chi connectivity index (χ1n) is 6.31. The van der Waals surface area contributed by atoms with E-state index in [1.165, 1.54) is 11.0 Å². The van der Waals surface area contributed by atoms with Crippen LogP contribution in [0.15, 0.2) is 18.2 Å². The van der Waals surface area contributed by atoms with Gasteiger partial charge in [-0.2, -0.15) is 13.2 Å². The highest BCUT2D eigenvalue weighted by Crippen LogP contribution is 2.36. The van der Waals surface area contributed by atoms with Crippen LogP contribution >= 0.6 is 11.6 Å². The number of nitrogens with one attached hydrogen (secondary N) is 1. The number of carbonyl (C=O) groups excluding carboxylic acids is 1. The summed E-state index contributed by atoms with van der Waals surface area (Å²) in [6.45, 7) is 3.02. The van der Waals surface area contributed by atoms with Gasteiger partial charge in [-0.15, -0.1) is 0 Å². The van der Waals surface area contributed by atoms with Crippen molar-refractivity contribution >= 4 is 23.3 Å². The fourth-order valence-corrected chi connectivity index (χ4v) is 2.25. The largest absolute Gasteiger partial charge is 0.417 e. The average Bonchev–Trinajstić information content (AvgIpc) is 2.39. The van der Waals surface area contributed by atoms with Crippen LogP contribution in [0.2, 0.25) is 5.02 Å². The van der Waals surface area contributed by atoms with Crippen LogP contribution in [0.5, 0.6) is 0 Å². The van der Waals surface area contributed by atoms with E-state index in [1.807, 2.05) is 6.92 Å². The second-order valence-corrected chi connectivity index (χ2v) is 5.16. The first kappa shape index (κ1) is 15.9. The number of alkyl halides is 3. The number of benzene rings is 1. The standard InChI is InChI=1S/C13H14ClF3N2O2/c1-8-7-19(4-5-21-8)12(20)18-9-2-3-11(14)10(6-9)13(15,16)17/h2-3,6,8H,4-5,7H2,1H3,(H,18,20).